The molecule has 0 bridgehead atoms. The van der Waals surface area contributed by atoms with Crippen LogP contribution in [0.4, 0.5) is 0 Å². The highest BCUT2D eigenvalue weighted by atomic mass is 32.1. The fourth-order valence-electron chi connectivity index (χ4n) is 2.60. The van der Waals surface area contributed by atoms with Crippen molar-refractivity contribution >= 4 is 53.9 Å². The first kappa shape index (κ1) is 17.4. The van der Waals surface area contributed by atoms with E-state index < -0.39 is 0 Å². The lowest BCUT2D eigenvalue weighted by molar-refractivity contribution is 0.959. The molecule has 6 rings (SSSR count). The van der Waals surface area contributed by atoms with Crippen LogP contribution in [-0.2, 0) is 0 Å². The van der Waals surface area contributed by atoms with Gasteiger partial charge in [0.25, 0.3) is 0 Å². The smallest absolute Gasteiger partial charge is 0.112 e. The SMILES string of the molecule is c1ccc2[nH]nnc2c1.c1ccc2sccc2c1.c1ccc2sccc2c1. The lowest BCUT2D eigenvalue weighted by Gasteiger charge is -1.82. The van der Waals surface area contributed by atoms with Gasteiger partial charge in [0.2, 0.25) is 0 Å². The molecule has 3 heterocycles. The third-order valence-electron chi connectivity index (χ3n) is 3.96. The third kappa shape index (κ3) is 4.39. The largest absolute Gasteiger partial charge is 0.258 e. The van der Waals surface area contributed by atoms with Crippen molar-refractivity contribution in [1.82, 2.24) is 15.4 Å². The van der Waals surface area contributed by atoms with Gasteiger partial charge in [-0.25, -0.2) is 0 Å². The Kier molecular flexibility index (Phi) is 5.53. The predicted molar refractivity (Wildman–Crippen MR) is 118 cm³/mol. The van der Waals surface area contributed by atoms with E-state index in [1.165, 1.54) is 20.2 Å². The number of hydrogen-bond donors (Lipinski definition) is 1. The molecule has 3 aromatic heterocycles. The van der Waals surface area contributed by atoms with E-state index in [0.29, 0.717) is 0 Å². The second-order valence-corrected chi connectivity index (χ2v) is 7.64. The molecule has 0 amide bonds. The van der Waals surface area contributed by atoms with Crippen LogP contribution in [0.15, 0.2) is 95.7 Å². The quantitative estimate of drug-likeness (QED) is 0.313. The molecule has 3 nitrogen and oxygen atoms in total. The zero-order valence-corrected chi connectivity index (χ0v) is 16.1. The van der Waals surface area contributed by atoms with Gasteiger partial charge in [-0.05, 0) is 57.9 Å². The molecule has 0 saturated heterocycles. The van der Waals surface area contributed by atoms with E-state index in [9.17, 15) is 0 Å². The molecule has 5 heteroatoms. The number of aromatic amines is 1. The summed E-state index contributed by atoms with van der Waals surface area (Å²) in [5.41, 5.74) is 1.90. The van der Waals surface area contributed by atoms with Gasteiger partial charge in [-0.3, -0.25) is 5.10 Å². The van der Waals surface area contributed by atoms with Crippen molar-refractivity contribution in [3.8, 4) is 0 Å². The van der Waals surface area contributed by atoms with Crippen molar-refractivity contribution in [1.29, 1.82) is 0 Å². The number of fused-ring (bicyclic) bond motifs is 3. The Morgan fingerprint density at radius 3 is 1.74 bits per heavy atom. The van der Waals surface area contributed by atoms with E-state index in [1.807, 2.05) is 24.3 Å². The van der Waals surface area contributed by atoms with E-state index in [-0.39, 0.29) is 0 Å². The maximum atomic E-state index is 3.81. The number of benzene rings is 3. The van der Waals surface area contributed by atoms with Gasteiger partial charge in [0.1, 0.15) is 5.52 Å². The molecule has 0 aliphatic carbocycles. The first-order chi connectivity index (χ1) is 13.4. The molecule has 27 heavy (non-hydrogen) atoms. The molecule has 0 fully saturated rings. The molecule has 0 aliphatic rings. The van der Waals surface area contributed by atoms with Crippen LogP contribution in [0.1, 0.15) is 0 Å². The van der Waals surface area contributed by atoms with Gasteiger partial charge < -0.3 is 0 Å². The molecule has 0 unspecified atom stereocenters. The number of rotatable bonds is 0. The minimum Gasteiger partial charge on any atom is -0.258 e. The molecule has 132 valence electrons. The number of nitrogens with one attached hydrogen (secondary N) is 1. The van der Waals surface area contributed by atoms with E-state index in [1.54, 1.807) is 22.7 Å². The number of thiophene rings is 2. The van der Waals surface area contributed by atoms with Gasteiger partial charge in [-0.2, -0.15) is 0 Å². The minimum absolute atomic E-state index is 0.914. The molecule has 6 aromatic rings. The molecular formula is C22H17N3S2. The maximum Gasteiger partial charge on any atom is 0.112 e. The zero-order valence-electron chi connectivity index (χ0n) is 14.4. The summed E-state index contributed by atoms with van der Waals surface area (Å²) < 4.78 is 2.75. The van der Waals surface area contributed by atoms with Crippen molar-refractivity contribution in [2.75, 3.05) is 0 Å². The number of nitrogens with zero attached hydrogens (tertiary/aromatic N) is 2. The van der Waals surface area contributed by atoms with Gasteiger partial charge >= 0.3 is 0 Å². The van der Waals surface area contributed by atoms with Crippen LogP contribution in [0.2, 0.25) is 0 Å². The van der Waals surface area contributed by atoms with E-state index in [2.05, 4.69) is 86.8 Å². The number of hydrogen-bond acceptors (Lipinski definition) is 4. The van der Waals surface area contributed by atoms with Gasteiger partial charge in [-0.15, -0.1) is 27.8 Å². The summed E-state index contributed by atoms with van der Waals surface area (Å²) in [4.78, 5) is 0. The van der Waals surface area contributed by atoms with Gasteiger partial charge in [0.15, 0.2) is 0 Å². The Balaban J connectivity index is 0.0000001000. The summed E-state index contributed by atoms with van der Waals surface area (Å²) >= 11 is 3.57. The summed E-state index contributed by atoms with van der Waals surface area (Å²) in [6.45, 7) is 0. The topological polar surface area (TPSA) is 41.6 Å². The summed E-state index contributed by atoms with van der Waals surface area (Å²) in [5.74, 6) is 0. The highest BCUT2D eigenvalue weighted by Gasteiger charge is 1.90. The van der Waals surface area contributed by atoms with Crippen molar-refractivity contribution in [3.05, 3.63) is 95.7 Å². The Hall–Kier alpha value is -3.02. The second-order valence-electron chi connectivity index (χ2n) is 5.75. The molecule has 0 spiro atoms. The second kappa shape index (κ2) is 8.58. The Morgan fingerprint density at radius 2 is 1.15 bits per heavy atom. The van der Waals surface area contributed by atoms with Crippen LogP contribution < -0.4 is 0 Å². The number of aromatic nitrogens is 3. The maximum absolute atomic E-state index is 3.81. The Morgan fingerprint density at radius 1 is 0.593 bits per heavy atom. The van der Waals surface area contributed by atoms with Crippen LogP contribution >= 0.6 is 22.7 Å². The van der Waals surface area contributed by atoms with Crippen LogP contribution in [0, 0.1) is 0 Å². The van der Waals surface area contributed by atoms with Gasteiger partial charge in [0.05, 0.1) is 5.52 Å². The van der Waals surface area contributed by atoms with Crippen molar-refractivity contribution in [2.45, 2.75) is 0 Å². The van der Waals surface area contributed by atoms with Crippen LogP contribution in [-0.4, -0.2) is 15.4 Å². The number of para-hydroxylation sites is 1. The Labute approximate surface area is 164 Å². The van der Waals surface area contributed by atoms with Gasteiger partial charge in [0, 0.05) is 9.40 Å². The van der Waals surface area contributed by atoms with E-state index in [4.69, 9.17) is 0 Å². The first-order valence-corrected chi connectivity index (χ1v) is 10.3. The molecule has 0 aliphatic heterocycles. The third-order valence-corrected chi connectivity index (χ3v) is 5.75. The van der Waals surface area contributed by atoms with Crippen LogP contribution in [0.25, 0.3) is 31.2 Å². The molecule has 0 radical (unpaired) electrons. The van der Waals surface area contributed by atoms with Crippen LogP contribution in [0.5, 0.6) is 0 Å². The molecule has 1 N–H and O–H groups in total. The monoisotopic (exact) mass is 387 g/mol. The average molecular weight is 388 g/mol. The standard InChI is InChI=1S/2C8H6S.C6H5N3/c2*1-2-4-8-7(3-1)5-6-9-8;1-2-4-6-5(3-1)7-9-8-6/h2*1-6H;1-4H,(H,7,8,9). The fraction of sp³-hybridized carbons (Fsp3) is 0. The van der Waals surface area contributed by atoms with E-state index in [0.717, 1.165) is 11.0 Å². The Bertz CT molecular complexity index is 1000. The first-order valence-electron chi connectivity index (χ1n) is 8.50. The highest BCUT2D eigenvalue weighted by molar-refractivity contribution is 7.17. The van der Waals surface area contributed by atoms with Gasteiger partial charge in [-0.1, -0.05) is 53.7 Å². The lowest BCUT2D eigenvalue weighted by atomic mass is 10.3. The molecule has 0 atom stereocenters. The molecule has 3 aromatic carbocycles. The van der Waals surface area contributed by atoms with Crippen molar-refractivity contribution in [2.24, 2.45) is 0 Å². The molecule has 0 saturated carbocycles. The highest BCUT2D eigenvalue weighted by Crippen LogP contribution is 2.19. The molecular weight excluding hydrogens is 370 g/mol. The van der Waals surface area contributed by atoms with Crippen LogP contribution in [0.3, 0.4) is 0 Å². The van der Waals surface area contributed by atoms with Crippen molar-refractivity contribution < 1.29 is 0 Å². The van der Waals surface area contributed by atoms with E-state index >= 15 is 0 Å². The predicted octanol–water partition coefficient (Wildman–Crippen LogP) is 6.76. The normalized spacial score (nSPS) is 10.2. The van der Waals surface area contributed by atoms with Crippen molar-refractivity contribution in [3.63, 3.8) is 0 Å². The fourth-order valence-corrected chi connectivity index (χ4v) is 4.18. The average Bonchev–Trinajstić information content (AvgIpc) is 3.48. The summed E-state index contributed by atoms with van der Waals surface area (Å²) in [6, 6.07) is 28.8. The summed E-state index contributed by atoms with van der Waals surface area (Å²) in [7, 11) is 0. The summed E-state index contributed by atoms with van der Waals surface area (Å²) in [5, 5.41) is 17.1. The number of H-pyrrole nitrogens is 1. The lowest BCUT2D eigenvalue weighted by Crippen LogP contribution is -1.63. The summed E-state index contributed by atoms with van der Waals surface area (Å²) in [6.07, 6.45) is 0. The minimum atomic E-state index is 0.914. The zero-order chi connectivity index (χ0) is 18.3.